The highest BCUT2D eigenvalue weighted by atomic mass is 19.1. The van der Waals surface area contributed by atoms with Gasteiger partial charge in [-0.25, -0.2) is 4.39 Å². The van der Waals surface area contributed by atoms with Crippen molar-refractivity contribution in [3.8, 4) is 0 Å². The van der Waals surface area contributed by atoms with E-state index in [1.165, 1.54) is 12.1 Å². The number of hydrogen-bond donors (Lipinski definition) is 1. The van der Waals surface area contributed by atoms with Gasteiger partial charge in [0.15, 0.2) is 0 Å². The Balaban J connectivity index is 2.17. The molecule has 0 aliphatic heterocycles. The van der Waals surface area contributed by atoms with Gasteiger partial charge in [-0.15, -0.1) is 0 Å². The molecule has 100 valence electrons. The van der Waals surface area contributed by atoms with E-state index in [-0.39, 0.29) is 5.82 Å². The zero-order chi connectivity index (χ0) is 13.9. The number of aromatic nitrogens is 1. The number of aliphatic hydroxyl groups excluding tert-OH is 1. The predicted molar refractivity (Wildman–Crippen MR) is 73.4 cm³/mol. The molecule has 2 nitrogen and oxygen atoms in total. The van der Waals surface area contributed by atoms with Gasteiger partial charge in [-0.2, -0.15) is 0 Å². The quantitative estimate of drug-likeness (QED) is 0.915. The third-order valence-corrected chi connectivity index (χ3v) is 3.57. The maximum atomic E-state index is 13.0. The molecule has 1 aromatic carbocycles. The number of benzene rings is 1. The highest BCUT2D eigenvalue weighted by molar-refractivity contribution is 5.26. The largest absolute Gasteiger partial charge is 0.392 e. The van der Waals surface area contributed by atoms with Gasteiger partial charge in [-0.1, -0.05) is 32.0 Å². The molecule has 1 unspecified atom stereocenters. The molecule has 1 aromatic heterocycles. The Kier molecular flexibility index (Phi) is 3.96. The van der Waals surface area contributed by atoms with Crippen molar-refractivity contribution in [3.05, 3.63) is 65.7 Å². The van der Waals surface area contributed by atoms with Crippen molar-refractivity contribution in [1.82, 2.24) is 4.98 Å². The minimum Gasteiger partial charge on any atom is -0.392 e. The number of hydrogen-bond acceptors (Lipinski definition) is 2. The summed E-state index contributed by atoms with van der Waals surface area (Å²) >= 11 is 0. The molecule has 0 saturated heterocycles. The van der Waals surface area contributed by atoms with Gasteiger partial charge >= 0.3 is 0 Å². The standard InChI is InChI=1S/C16H18FNO/c1-16(2,13-5-7-14(17)8-6-13)15(19)10-12-4-3-9-18-11-12/h3-9,11,15,19H,10H2,1-2H3. The molecule has 0 radical (unpaired) electrons. The first-order valence-electron chi connectivity index (χ1n) is 6.33. The van der Waals surface area contributed by atoms with E-state index in [1.54, 1.807) is 24.5 Å². The summed E-state index contributed by atoms with van der Waals surface area (Å²) in [5.41, 5.74) is 1.47. The average Bonchev–Trinajstić information content (AvgIpc) is 2.40. The van der Waals surface area contributed by atoms with Crippen LogP contribution in [0, 0.1) is 5.82 Å². The van der Waals surface area contributed by atoms with Crippen LogP contribution in [0.5, 0.6) is 0 Å². The molecule has 2 rings (SSSR count). The first-order chi connectivity index (χ1) is 9.00. The lowest BCUT2D eigenvalue weighted by Gasteiger charge is -2.31. The Morgan fingerprint density at radius 3 is 2.47 bits per heavy atom. The summed E-state index contributed by atoms with van der Waals surface area (Å²) in [6.07, 6.45) is 3.44. The van der Waals surface area contributed by atoms with E-state index < -0.39 is 11.5 Å². The molecule has 0 saturated carbocycles. The molecule has 1 atom stereocenters. The van der Waals surface area contributed by atoms with Gasteiger partial charge in [-0.3, -0.25) is 4.98 Å². The summed E-state index contributed by atoms with van der Waals surface area (Å²) in [6.45, 7) is 3.92. The average molecular weight is 259 g/mol. The zero-order valence-electron chi connectivity index (χ0n) is 11.2. The fourth-order valence-electron chi connectivity index (χ4n) is 2.07. The monoisotopic (exact) mass is 259 g/mol. The Hall–Kier alpha value is -1.74. The van der Waals surface area contributed by atoms with E-state index in [0.29, 0.717) is 6.42 Å². The molecule has 0 aliphatic rings. The lowest BCUT2D eigenvalue weighted by molar-refractivity contribution is 0.0999. The van der Waals surface area contributed by atoms with Crippen molar-refractivity contribution in [2.75, 3.05) is 0 Å². The van der Waals surface area contributed by atoms with Crippen molar-refractivity contribution in [2.45, 2.75) is 31.8 Å². The van der Waals surface area contributed by atoms with Crippen molar-refractivity contribution < 1.29 is 9.50 Å². The van der Waals surface area contributed by atoms with Gasteiger partial charge in [0.05, 0.1) is 6.10 Å². The Labute approximate surface area is 112 Å². The maximum Gasteiger partial charge on any atom is 0.123 e. The highest BCUT2D eigenvalue weighted by Gasteiger charge is 2.29. The van der Waals surface area contributed by atoms with E-state index in [1.807, 2.05) is 26.0 Å². The summed E-state index contributed by atoms with van der Waals surface area (Å²) < 4.78 is 13.0. The van der Waals surface area contributed by atoms with Crippen molar-refractivity contribution >= 4 is 0 Å². The summed E-state index contributed by atoms with van der Waals surface area (Å²) in [6, 6.07) is 10.1. The molecule has 1 heterocycles. The number of pyridine rings is 1. The molecule has 2 aromatic rings. The van der Waals surface area contributed by atoms with Crippen LogP contribution in [0.15, 0.2) is 48.8 Å². The molecule has 1 N–H and O–H groups in total. The van der Waals surface area contributed by atoms with E-state index in [0.717, 1.165) is 11.1 Å². The lowest BCUT2D eigenvalue weighted by Crippen LogP contribution is -2.35. The number of nitrogens with zero attached hydrogens (tertiary/aromatic N) is 1. The van der Waals surface area contributed by atoms with Crippen molar-refractivity contribution in [1.29, 1.82) is 0 Å². The maximum absolute atomic E-state index is 13.0. The molecule has 19 heavy (non-hydrogen) atoms. The van der Waals surface area contributed by atoms with Crippen LogP contribution >= 0.6 is 0 Å². The molecule has 0 aliphatic carbocycles. The van der Waals surface area contributed by atoms with Crippen LogP contribution in [0.25, 0.3) is 0 Å². The molecular weight excluding hydrogens is 241 g/mol. The Morgan fingerprint density at radius 1 is 1.21 bits per heavy atom. The van der Waals surface area contributed by atoms with Gasteiger partial charge in [0, 0.05) is 24.2 Å². The first kappa shape index (κ1) is 13.7. The summed E-state index contributed by atoms with van der Waals surface area (Å²) in [5.74, 6) is -0.263. The fourth-order valence-corrected chi connectivity index (χ4v) is 2.07. The van der Waals surface area contributed by atoms with Crippen LogP contribution in [0.2, 0.25) is 0 Å². The third-order valence-electron chi connectivity index (χ3n) is 3.57. The van der Waals surface area contributed by atoms with Crippen LogP contribution in [-0.4, -0.2) is 16.2 Å². The van der Waals surface area contributed by atoms with Gasteiger partial charge in [-0.05, 0) is 29.3 Å². The number of aliphatic hydroxyl groups is 1. The van der Waals surface area contributed by atoms with E-state index in [4.69, 9.17) is 0 Å². The normalized spacial score (nSPS) is 13.3. The molecule has 0 bridgehead atoms. The molecule has 3 heteroatoms. The minimum atomic E-state index is -0.554. The second-order valence-electron chi connectivity index (χ2n) is 5.31. The molecule has 0 fully saturated rings. The van der Waals surface area contributed by atoms with Crippen molar-refractivity contribution in [2.24, 2.45) is 0 Å². The topological polar surface area (TPSA) is 33.1 Å². The van der Waals surface area contributed by atoms with Crippen LogP contribution in [0.4, 0.5) is 4.39 Å². The van der Waals surface area contributed by atoms with Gasteiger partial charge in [0.25, 0.3) is 0 Å². The van der Waals surface area contributed by atoms with Crippen LogP contribution in [0.3, 0.4) is 0 Å². The van der Waals surface area contributed by atoms with Crippen LogP contribution in [0.1, 0.15) is 25.0 Å². The smallest absolute Gasteiger partial charge is 0.123 e. The number of halogens is 1. The highest BCUT2D eigenvalue weighted by Crippen LogP contribution is 2.29. The second kappa shape index (κ2) is 5.49. The van der Waals surface area contributed by atoms with Gasteiger partial charge in [0.1, 0.15) is 5.82 Å². The van der Waals surface area contributed by atoms with E-state index >= 15 is 0 Å². The predicted octanol–water partition coefficient (Wildman–Crippen LogP) is 3.10. The first-order valence-corrected chi connectivity index (χ1v) is 6.33. The summed E-state index contributed by atoms with van der Waals surface area (Å²) in [4.78, 5) is 4.04. The molecule has 0 spiro atoms. The lowest BCUT2D eigenvalue weighted by atomic mass is 9.77. The number of rotatable bonds is 4. The van der Waals surface area contributed by atoms with Crippen LogP contribution < -0.4 is 0 Å². The summed E-state index contributed by atoms with van der Waals surface area (Å²) in [5, 5.41) is 10.4. The third kappa shape index (κ3) is 3.18. The Bertz CT molecular complexity index is 522. The molecule has 0 amide bonds. The van der Waals surface area contributed by atoms with Crippen molar-refractivity contribution in [3.63, 3.8) is 0 Å². The molecular formula is C16H18FNO. The SMILES string of the molecule is CC(C)(c1ccc(F)cc1)C(O)Cc1cccnc1. The Morgan fingerprint density at radius 2 is 1.89 bits per heavy atom. The van der Waals surface area contributed by atoms with E-state index in [2.05, 4.69) is 4.98 Å². The van der Waals surface area contributed by atoms with Gasteiger partial charge < -0.3 is 5.11 Å². The van der Waals surface area contributed by atoms with Crippen LogP contribution in [-0.2, 0) is 11.8 Å². The zero-order valence-corrected chi connectivity index (χ0v) is 11.2. The van der Waals surface area contributed by atoms with E-state index in [9.17, 15) is 9.50 Å². The fraction of sp³-hybridized carbons (Fsp3) is 0.312. The summed E-state index contributed by atoms with van der Waals surface area (Å²) in [7, 11) is 0. The van der Waals surface area contributed by atoms with Gasteiger partial charge in [0.2, 0.25) is 0 Å². The minimum absolute atomic E-state index is 0.263. The second-order valence-corrected chi connectivity index (χ2v) is 5.31.